The fourth-order valence-corrected chi connectivity index (χ4v) is 2.23. The minimum absolute atomic E-state index is 0.109. The maximum absolute atomic E-state index is 12.3. The van der Waals surface area contributed by atoms with Crippen LogP contribution in [0, 0.1) is 0 Å². The van der Waals surface area contributed by atoms with Gasteiger partial charge >= 0.3 is 0 Å². The Bertz CT molecular complexity index is 558. The first kappa shape index (κ1) is 14.3. The monoisotopic (exact) mass is 271 g/mol. The van der Waals surface area contributed by atoms with E-state index in [2.05, 4.69) is 5.10 Å². The molecule has 0 N–H and O–H groups in total. The summed E-state index contributed by atoms with van der Waals surface area (Å²) in [5.74, 6) is 0.109. The van der Waals surface area contributed by atoms with Gasteiger partial charge in [0, 0.05) is 24.8 Å². The van der Waals surface area contributed by atoms with Gasteiger partial charge in [0.2, 0.25) is 5.91 Å². The highest BCUT2D eigenvalue weighted by Gasteiger charge is 2.20. The molecule has 0 aliphatic carbocycles. The average Bonchev–Trinajstić information content (AvgIpc) is 2.98. The molecule has 0 bridgehead atoms. The van der Waals surface area contributed by atoms with Gasteiger partial charge < -0.3 is 4.90 Å². The summed E-state index contributed by atoms with van der Waals surface area (Å²) in [5, 5.41) is 4.52. The van der Waals surface area contributed by atoms with Crippen LogP contribution in [-0.4, -0.2) is 33.7 Å². The molecule has 106 valence electrons. The Morgan fingerprint density at radius 1 is 1.20 bits per heavy atom. The van der Waals surface area contributed by atoms with Gasteiger partial charge in [0.25, 0.3) is 0 Å². The number of carbonyl (C=O) groups excluding carboxylic acids is 1. The lowest BCUT2D eigenvalue weighted by molar-refractivity contribution is -0.134. The zero-order valence-electron chi connectivity index (χ0n) is 12.3. The van der Waals surface area contributed by atoms with Gasteiger partial charge in [0.05, 0.1) is 5.69 Å². The van der Waals surface area contributed by atoms with Gasteiger partial charge in [0.1, 0.15) is 6.04 Å². The first-order chi connectivity index (χ1) is 9.67. The van der Waals surface area contributed by atoms with Crippen LogP contribution in [0.1, 0.15) is 26.8 Å². The van der Waals surface area contributed by atoms with Gasteiger partial charge in [-0.05, 0) is 26.8 Å². The fraction of sp³-hybridized carbons (Fsp3) is 0.375. The molecule has 0 radical (unpaired) electrons. The van der Waals surface area contributed by atoms with E-state index in [1.165, 1.54) is 0 Å². The molecule has 1 aromatic carbocycles. The lowest BCUT2D eigenvalue weighted by Crippen LogP contribution is -2.36. The van der Waals surface area contributed by atoms with Crippen LogP contribution in [0.15, 0.2) is 42.6 Å². The van der Waals surface area contributed by atoms with Crippen LogP contribution < -0.4 is 0 Å². The first-order valence-electron chi connectivity index (χ1n) is 7.06. The summed E-state index contributed by atoms with van der Waals surface area (Å²) < 4.78 is 1.74. The molecule has 4 nitrogen and oxygen atoms in total. The van der Waals surface area contributed by atoms with Crippen molar-refractivity contribution in [2.24, 2.45) is 0 Å². The Morgan fingerprint density at radius 2 is 1.85 bits per heavy atom. The number of hydrogen-bond donors (Lipinski definition) is 0. The van der Waals surface area contributed by atoms with Gasteiger partial charge in [0.15, 0.2) is 0 Å². The van der Waals surface area contributed by atoms with Crippen LogP contribution >= 0.6 is 0 Å². The topological polar surface area (TPSA) is 38.1 Å². The quantitative estimate of drug-likeness (QED) is 0.838. The summed E-state index contributed by atoms with van der Waals surface area (Å²) in [6, 6.07) is 11.7. The number of hydrogen-bond acceptors (Lipinski definition) is 2. The second-order valence-electron chi connectivity index (χ2n) is 4.73. The maximum Gasteiger partial charge on any atom is 0.247 e. The van der Waals surface area contributed by atoms with E-state index >= 15 is 0 Å². The molecule has 1 atom stereocenters. The van der Waals surface area contributed by atoms with Crippen molar-refractivity contribution >= 4 is 5.91 Å². The van der Waals surface area contributed by atoms with Crippen LogP contribution in [0.4, 0.5) is 0 Å². The van der Waals surface area contributed by atoms with E-state index in [1.54, 1.807) is 4.68 Å². The predicted molar refractivity (Wildman–Crippen MR) is 80.3 cm³/mol. The van der Waals surface area contributed by atoms with Crippen LogP contribution in [0.25, 0.3) is 11.3 Å². The molecule has 0 aliphatic rings. The van der Waals surface area contributed by atoms with Crippen molar-refractivity contribution in [3.63, 3.8) is 0 Å². The standard InChI is InChI=1S/C16H21N3O/c1-4-18(5-2)16(20)13(3)19-12-11-15(17-19)14-9-7-6-8-10-14/h6-13H,4-5H2,1-3H3. The van der Waals surface area contributed by atoms with Crippen molar-refractivity contribution in [1.29, 1.82) is 0 Å². The number of aromatic nitrogens is 2. The molecular formula is C16H21N3O. The van der Waals surface area contributed by atoms with E-state index < -0.39 is 0 Å². The Morgan fingerprint density at radius 3 is 2.45 bits per heavy atom. The molecule has 1 amide bonds. The highest BCUT2D eigenvalue weighted by molar-refractivity contribution is 5.80. The van der Waals surface area contributed by atoms with E-state index in [-0.39, 0.29) is 11.9 Å². The van der Waals surface area contributed by atoms with Crippen LogP contribution in [-0.2, 0) is 4.79 Å². The molecule has 0 spiro atoms. The second-order valence-corrected chi connectivity index (χ2v) is 4.73. The van der Waals surface area contributed by atoms with Gasteiger partial charge in [-0.1, -0.05) is 30.3 Å². The maximum atomic E-state index is 12.3. The molecule has 0 saturated carbocycles. The normalized spacial score (nSPS) is 12.2. The van der Waals surface area contributed by atoms with Gasteiger partial charge in [-0.2, -0.15) is 5.10 Å². The van der Waals surface area contributed by atoms with Crippen molar-refractivity contribution in [2.75, 3.05) is 13.1 Å². The van der Waals surface area contributed by atoms with Crippen molar-refractivity contribution < 1.29 is 4.79 Å². The molecule has 1 unspecified atom stereocenters. The van der Waals surface area contributed by atoms with E-state index in [0.717, 1.165) is 24.3 Å². The number of amides is 1. The van der Waals surface area contributed by atoms with Gasteiger partial charge in [-0.15, -0.1) is 0 Å². The second kappa shape index (κ2) is 6.37. The average molecular weight is 271 g/mol. The number of nitrogens with zero attached hydrogens (tertiary/aromatic N) is 3. The molecule has 4 heteroatoms. The third-order valence-electron chi connectivity index (χ3n) is 3.51. The first-order valence-corrected chi connectivity index (χ1v) is 7.06. The summed E-state index contributed by atoms with van der Waals surface area (Å²) in [6.45, 7) is 7.33. The summed E-state index contributed by atoms with van der Waals surface area (Å²) in [5.41, 5.74) is 1.96. The van der Waals surface area contributed by atoms with E-state index in [9.17, 15) is 4.79 Å². The Kier molecular flexibility index (Phi) is 4.56. The molecule has 0 fully saturated rings. The zero-order valence-corrected chi connectivity index (χ0v) is 12.3. The molecule has 20 heavy (non-hydrogen) atoms. The predicted octanol–water partition coefficient (Wildman–Crippen LogP) is 2.98. The van der Waals surface area contributed by atoms with E-state index in [0.29, 0.717) is 0 Å². The highest BCUT2D eigenvalue weighted by Crippen LogP contribution is 2.18. The van der Waals surface area contributed by atoms with E-state index in [4.69, 9.17) is 0 Å². The number of benzene rings is 1. The molecule has 0 aliphatic heterocycles. The molecule has 2 aromatic rings. The molecule has 2 rings (SSSR count). The van der Waals surface area contributed by atoms with Crippen LogP contribution in [0.2, 0.25) is 0 Å². The Hall–Kier alpha value is -2.10. The number of carbonyl (C=O) groups is 1. The summed E-state index contributed by atoms with van der Waals surface area (Å²) in [6.07, 6.45) is 1.87. The SMILES string of the molecule is CCN(CC)C(=O)C(C)n1ccc(-c2ccccc2)n1. The molecule has 0 saturated heterocycles. The summed E-state index contributed by atoms with van der Waals surface area (Å²) in [4.78, 5) is 14.1. The van der Waals surface area contributed by atoms with Gasteiger partial charge in [-0.3, -0.25) is 9.48 Å². The Balaban J connectivity index is 2.18. The van der Waals surface area contributed by atoms with Crippen molar-refractivity contribution in [1.82, 2.24) is 14.7 Å². The Labute approximate surface area is 120 Å². The minimum atomic E-state index is -0.271. The molecule has 1 aromatic heterocycles. The summed E-state index contributed by atoms with van der Waals surface area (Å²) in [7, 11) is 0. The fourth-order valence-electron chi connectivity index (χ4n) is 2.23. The van der Waals surface area contributed by atoms with Crippen LogP contribution in [0.3, 0.4) is 0 Å². The van der Waals surface area contributed by atoms with Gasteiger partial charge in [-0.25, -0.2) is 0 Å². The van der Waals surface area contributed by atoms with Crippen molar-refractivity contribution in [3.8, 4) is 11.3 Å². The third-order valence-corrected chi connectivity index (χ3v) is 3.51. The molecule has 1 heterocycles. The lowest BCUT2D eigenvalue weighted by atomic mass is 10.2. The smallest absolute Gasteiger partial charge is 0.247 e. The highest BCUT2D eigenvalue weighted by atomic mass is 16.2. The number of rotatable bonds is 5. The third kappa shape index (κ3) is 2.90. The molecular weight excluding hydrogens is 250 g/mol. The van der Waals surface area contributed by atoms with Crippen molar-refractivity contribution in [3.05, 3.63) is 42.6 Å². The lowest BCUT2D eigenvalue weighted by Gasteiger charge is -2.22. The van der Waals surface area contributed by atoms with E-state index in [1.807, 2.05) is 68.3 Å². The zero-order chi connectivity index (χ0) is 14.5. The largest absolute Gasteiger partial charge is 0.341 e. The summed E-state index contributed by atoms with van der Waals surface area (Å²) >= 11 is 0. The minimum Gasteiger partial charge on any atom is -0.341 e. The van der Waals surface area contributed by atoms with Crippen LogP contribution in [0.5, 0.6) is 0 Å². The van der Waals surface area contributed by atoms with Crippen molar-refractivity contribution in [2.45, 2.75) is 26.8 Å². The number of likely N-dealkylation sites (N-methyl/N-ethyl adjacent to an activating group) is 1.